The number of benzene rings is 1. The zero-order valence-corrected chi connectivity index (χ0v) is 15.0. The van der Waals surface area contributed by atoms with Gasteiger partial charge in [-0.15, -0.1) is 0 Å². The molecule has 130 valence electrons. The van der Waals surface area contributed by atoms with Crippen molar-refractivity contribution >= 4 is 17.5 Å². The monoisotopic (exact) mass is 356 g/mol. The topological polar surface area (TPSA) is 49.3 Å². The van der Waals surface area contributed by atoms with Crippen molar-refractivity contribution in [1.29, 1.82) is 0 Å². The highest BCUT2D eigenvalue weighted by atomic mass is 35.5. The summed E-state index contributed by atoms with van der Waals surface area (Å²) in [7, 11) is 1.93. The van der Waals surface area contributed by atoms with Gasteiger partial charge in [0.05, 0.1) is 0 Å². The van der Waals surface area contributed by atoms with Crippen LogP contribution in [0.3, 0.4) is 0 Å². The summed E-state index contributed by atoms with van der Waals surface area (Å²) in [6.45, 7) is 2.79. The molecule has 2 aliphatic rings. The Morgan fingerprint density at radius 1 is 1.20 bits per heavy atom. The number of hydrogen-bond donors (Lipinski definition) is 0. The van der Waals surface area contributed by atoms with Gasteiger partial charge in [-0.1, -0.05) is 11.6 Å². The number of hydrogen-bond acceptors (Lipinski definition) is 4. The smallest absolute Gasteiger partial charge is 0.222 e. The van der Waals surface area contributed by atoms with Gasteiger partial charge in [-0.2, -0.15) is 0 Å². The number of piperidine rings is 1. The number of halogens is 1. The largest absolute Gasteiger partial charge is 0.341 e. The Kier molecular flexibility index (Phi) is 4.44. The Morgan fingerprint density at radius 2 is 1.92 bits per heavy atom. The Balaban J connectivity index is 1.41. The van der Waals surface area contributed by atoms with Gasteiger partial charge in [0.1, 0.15) is 0 Å². The summed E-state index contributed by atoms with van der Waals surface area (Å²) >= 11 is 5.92. The van der Waals surface area contributed by atoms with Crippen LogP contribution >= 0.6 is 11.6 Å². The lowest BCUT2D eigenvalue weighted by molar-refractivity contribution is -0.127. The van der Waals surface area contributed by atoms with Crippen molar-refractivity contribution in [3.63, 3.8) is 0 Å². The summed E-state index contributed by atoms with van der Waals surface area (Å²) in [5.74, 6) is 1.52. The maximum atomic E-state index is 11.9. The molecule has 1 amide bonds. The summed E-state index contributed by atoms with van der Waals surface area (Å²) in [4.78, 5) is 25.2. The molecule has 2 fully saturated rings. The third kappa shape index (κ3) is 3.39. The van der Waals surface area contributed by atoms with Crippen molar-refractivity contribution < 1.29 is 4.79 Å². The van der Waals surface area contributed by atoms with Crippen molar-refractivity contribution in [3.8, 4) is 11.4 Å². The van der Waals surface area contributed by atoms with Crippen LogP contribution in [0.15, 0.2) is 36.7 Å². The van der Waals surface area contributed by atoms with Crippen LogP contribution in [0, 0.1) is 5.92 Å². The van der Waals surface area contributed by atoms with Crippen LogP contribution < -0.4 is 0 Å². The van der Waals surface area contributed by atoms with Crippen LogP contribution in [0.2, 0.25) is 5.02 Å². The number of amides is 1. The predicted octanol–water partition coefficient (Wildman–Crippen LogP) is 2.85. The number of carbonyl (C=O) groups is 1. The second-order valence-corrected chi connectivity index (χ2v) is 7.42. The van der Waals surface area contributed by atoms with E-state index in [9.17, 15) is 4.79 Å². The number of nitrogens with zero attached hydrogens (tertiary/aromatic N) is 4. The molecule has 5 nitrogen and oxygen atoms in total. The number of fused-ring (bicyclic) bond motifs is 1. The van der Waals surface area contributed by atoms with Gasteiger partial charge in [-0.3, -0.25) is 9.69 Å². The average molecular weight is 357 g/mol. The fourth-order valence-corrected chi connectivity index (χ4v) is 3.99. The first-order valence-corrected chi connectivity index (χ1v) is 9.03. The van der Waals surface area contributed by atoms with Crippen molar-refractivity contribution in [2.75, 3.05) is 20.1 Å². The molecule has 0 saturated carbocycles. The minimum atomic E-state index is 0.285. The molecule has 4 rings (SSSR count). The SMILES string of the molecule is CN1C(=O)C[C@H]2CCN(Cc3cnc(-c4ccc(Cl)cc4)nc3)C[C@H]21. The number of carbonyl (C=O) groups excluding carboxylic acids is 1. The number of aromatic nitrogens is 2. The van der Waals surface area contributed by atoms with Gasteiger partial charge in [0, 0.05) is 61.1 Å². The molecule has 0 radical (unpaired) electrons. The lowest BCUT2D eigenvalue weighted by Crippen LogP contribution is -2.47. The maximum Gasteiger partial charge on any atom is 0.222 e. The van der Waals surface area contributed by atoms with Crippen LogP contribution in [0.1, 0.15) is 18.4 Å². The highest BCUT2D eigenvalue weighted by molar-refractivity contribution is 6.30. The Labute approximate surface area is 152 Å². The summed E-state index contributed by atoms with van der Waals surface area (Å²) in [5, 5.41) is 0.708. The molecule has 0 aliphatic carbocycles. The van der Waals surface area contributed by atoms with E-state index in [-0.39, 0.29) is 5.91 Å². The third-order valence-corrected chi connectivity index (χ3v) is 5.60. The average Bonchev–Trinajstić information content (AvgIpc) is 2.91. The van der Waals surface area contributed by atoms with Crippen LogP contribution in [-0.2, 0) is 11.3 Å². The molecule has 1 aromatic carbocycles. The normalized spacial score (nSPS) is 23.8. The molecule has 3 heterocycles. The summed E-state index contributed by atoms with van der Waals surface area (Å²) in [6.07, 6.45) is 5.59. The molecule has 25 heavy (non-hydrogen) atoms. The quantitative estimate of drug-likeness (QED) is 0.848. The van der Waals surface area contributed by atoms with Gasteiger partial charge < -0.3 is 4.90 Å². The Hall–Kier alpha value is -1.98. The third-order valence-electron chi connectivity index (χ3n) is 5.35. The Bertz CT molecular complexity index is 762. The van der Waals surface area contributed by atoms with Crippen LogP contribution in [0.5, 0.6) is 0 Å². The molecule has 2 aromatic rings. The first-order valence-electron chi connectivity index (χ1n) is 8.65. The molecule has 0 N–H and O–H groups in total. The van der Waals surface area contributed by atoms with Crippen LogP contribution in [-0.4, -0.2) is 51.9 Å². The highest BCUT2D eigenvalue weighted by Gasteiger charge is 2.40. The number of likely N-dealkylation sites (N-methyl/N-ethyl adjacent to an activating group) is 1. The molecule has 0 spiro atoms. The van der Waals surface area contributed by atoms with E-state index in [1.807, 2.05) is 48.6 Å². The maximum absolute atomic E-state index is 11.9. The van der Waals surface area contributed by atoms with E-state index in [1.165, 1.54) is 0 Å². The van der Waals surface area contributed by atoms with E-state index < -0.39 is 0 Å². The van der Waals surface area contributed by atoms with Gasteiger partial charge in [0.2, 0.25) is 5.91 Å². The van der Waals surface area contributed by atoms with Crippen LogP contribution in [0.25, 0.3) is 11.4 Å². The van der Waals surface area contributed by atoms with Crippen molar-refractivity contribution in [2.45, 2.75) is 25.4 Å². The van der Waals surface area contributed by atoms with Crippen molar-refractivity contribution in [2.24, 2.45) is 5.92 Å². The highest BCUT2D eigenvalue weighted by Crippen LogP contribution is 2.31. The van der Waals surface area contributed by atoms with Gasteiger partial charge in [0.25, 0.3) is 0 Å². The lowest BCUT2D eigenvalue weighted by atomic mass is 9.92. The van der Waals surface area contributed by atoms with E-state index in [0.29, 0.717) is 29.2 Å². The first kappa shape index (κ1) is 16.5. The summed E-state index contributed by atoms with van der Waals surface area (Å²) in [5.41, 5.74) is 2.06. The fraction of sp³-hybridized carbons (Fsp3) is 0.421. The van der Waals surface area contributed by atoms with E-state index in [1.54, 1.807) is 0 Å². The summed E-state index contributed by atoms with van der Waals surface area (Å²) in [6, 6.07) is 7.90. The van der Waals surface area contributed by atoms with E-state index >= 15 is 0 Å². The standard InChI is InChI=1S/C19H21ClN4O/c1-23-17-12-24(7-6-15(17)8-18(23)25)11-13-9-21-19(22-10-13)14-2-4-16(20)5-3-14/h2-5,9-10,15,17H,6-8,11-12H2,1H3/t15-,17-/m1/s1. The molecule has 1 aromatic heterocycles. The van der Waals surface area contributed by atoms with Crippen molar-refractivity contribution in [1.82, 2.24) is 19.8 Å². The molecule has 2 aliphatic heterocycles. The zero-order chi connectivity index (χ0) is 17.4. The molecule has 2 saturated heterocycles. The predicted molar refractivity (Wildman–Crippen MR) is 97.0 cm³/mol. The minimum absolute atomic E-state index is 0.285. The molecular formula is C19H21ClN4O. The van der Waals surface area contributed by atoms with Gasteiger partial charge in [-0.05, 0) is 43.1 Å². The second kappa shape index (κ2) is 6.73. The summed E-state index contributed by atoms with van der Waals surface area (Å²) < 4.78 is 0. The zero-order valence-electron chi connectivity index (χ0n) is 14.2. The molecule has 2 atom stereocenters. The second-order valence-electron chi connectivity index (χ2n) is 6.98. The van der Waals surface area contributed by atoms with Crippen LogP contribution in [0.4, 0.5) is 0 Å². The lowest BCUT2D eigenvalue weighted by Gasteiger charge is -2.37. The van der Waals surface area contributed by atoms with E-state index in [2.05, 4.69) is 14.9 Å². The number of rotatable bonds is 3. The van der Waals surface area contributed by atoms with Gasteiger partial charge in [0.15, 0.2) is 5.82 Å². The first-order chi connectivity index (χ1) is 12.1. The van der Waals surface area contributed by atoms with Gasteiger partial charge in [-0.25, -0.2) is 9.97 Å². The Morgan fingerprint density at radius 3 is 2.64 bits per heavy atom. The molecular weight excluding hydrogens is 336 g/mol. The van der Waals surface area contributed by atoms with E-state index in [0.717, 1.165) is 37.2 Å². The number of likely N-dealkylation sites (tertiary alicyclic amines) is 2. The van der Waals surface area contributed by atoms with Gasteiger partial charge >= 0.3 is 0 Å². The molecule has 0 bridgehead atoms. The molecule has 0 unspecified atom stereocenters. The van der Waals surface area contributed by atoms with E-state index in [4.69, 9.17) is 11.6 Å². The minimum Gasteiger partial charge on any atom is -0.341 e. The molecule has 6 heteroatoms. The van der Waals surface area contributed by atoms with Crippen molar-refractivity contribution in [3.05, 3.63) is 47.2 Å². The fourth-order valence-electron chi connectivity index (χ4n) is 3.86.